The van der Waals surface area contributed by atoms with E-state index in [9.17, 15) is 9.59 Å². The fourth-order valence-corrected chi connectivity index (χ4v) is 5.38. The van der Waals surface area contributed by atoms with Gasteiger partial charge in [-0.3, -0.25) is 9.59 Å². The molecule has 4 rings (SSSR count). The molecular weight excluding hydrogens is 428 g/mol. The van der Waals surface area contributed by atoms with Crippen LogP contribution in [0, 0.1) is 5.41 Å². The van der Waals surface area contributed by atoms with E-state index in [0.717, 1.165) is 31.2 Å². The van der Waals surface area contributed by atoms with Crippen molar-refractivity contribution < 1.29 is 14.3 Å². The molecule has 7 heteroatoms. The zero-order valence-electron chi connectivity index (χ0n) is 17.9. The summed E-state index contributed by atoms with van der Waals surface area (Å²) in [7, 11) is 0. The van der Waals surface area contributed by atoms with E-state index in [2.05, 4.69) is 22.9 Å². The summed E-state index contributed by atoms with van der Waals surface area (Å²) < 4.78 is 6.59. The second-order valence-electron chi connectivity index (χ2n) is 9.08. The third-order valence-electron chi connectivity index (χ3n) is 5.40. The Kier molecular flexibility index (Phi) is 5.83. The Balaban J connectivity index is 1.54. The van der Waals surface area contributed by atoms with Crippen molar-refractivity contribution in [3.05, 3.63) is 58.6 Å². The highest BCUT2D eigenvalue weighted by atomic mass is 32.1. The second kappa shape index (κ2) is 8.28. The topological polar surface area (TPSA) is 68.3 Å². The van der Waals surface area contributed by atoms with Crippen molar-refractivity contribution in [1.82, 2.24) is 10.3 Å². The molecule has 0 radical (unpaired) electrons. The van der Waals surface area contributed by atoms with Crippen LogP contribution in [-0.2, 0) is 33.7 Å². The highest BCUT2D eigenvalue weighted by molar-refractivity contribution is 7.80. The molecule has 1 amide bonds. The van der Waals surface area contributed by atoms with E-state index in [-0.39, 0.29) is 18.3 Å². The van der Waals surface area contributed by atoms with Gasteiger partial charge in [-0.05, 0) is 56.9 Å². The summed E-state index contributed by atoms with van der Waals surface area (Å²) in [4.78, 5) is 31.6. The van der Waals surface area contributed by atoms with Gasteiger partial charge in [0.25, 0.3) is 0 Å². The number of fused-ring (bicyclic) bond motifs is 2. The number of benzene rings is 2. The number of carbonyl (C=O) groups excluding carboxylic acids is 2. The van der Waals surface area contributed by atoms with Crippen LogP contribution in [-0.4, -0.2) is 22.5 Å². The lowest BCUT2D eigenvalue weighted by molar-refractivity contribution is -0.160. The molecule has 3 aromatic rings. The van der Waals surface area contributed by atoms with Gasteiger partial charge in [0.15, 0.2) is 0 Å². The number of hydrogen-bond acceptors (Lipinski definition) is 6. The van der Waals surface area contributed by atoms with Crippen molar-refractivity contribution in [1.29, 1.82) is 0 Å². The van der Waals surface area contributed by atoms with Crippen molar-refractivity contribution in [3.8, 4) is 0 Å². The van der Waals surface area contributed by atoms with Gasteiger partial charge in [-0.15, -0.1) is 24.0 Å². The molecule has 1 aromatic heterocycles. The Bertz CT molecular complexity index is 1120. The van der Waals surface area contributed by atoms with Crippen LogP contribution >= 0.6 is 24.0 Å². The molecule has 162 valence electrons. The van der Waals surface area contributed by atoms with Gasteiger partial charge in [0, 0.05) is 4.90 Å². The van der Waals surface area contributed by atoms with Gasteiger partial charge in [0.1, 0.15) is 10.6 Å². The third kappa shape index (κ3) is 4.77. The van der Waals surface area contributed by atoms with Crippen molar-refractivity contribution in [2.75, 3.05) is 0 Å². The van der Waals surface area contributed by atoms with Gasteiger partial charge in [-0.1, -0.05) is 30.3 Å². The minimum atomic E-state index is -0.850. The highest BCUT2D eigenvalue weighted by Crippen LogP contribution is 2.41. The molecule has 0 aliphatic heterocycles. The second-order valence-corrected chi connectivity index (χ2v) is 10.7. The maximum absolute atomic E-state index is 13.4. The molecule has 0 saturated carbocycles. The molecule has 31 heavy (non-hydrogen) atoms. The number of esters is 1. The summed E-state index contributed by atoms with van der Waals surface area (Å²) >= 11 is 6.00. The van der Waals surface area contributed by atoms with Crippen LogP contribution in [0.3, 0.4) is 0 Å². The maximum atomic E-state index is 13.4. The summed E-state index contributed by atoms with van der Waals surface area (Å²) in [6.45, 7) is 5.83. The molecular formula is C24H26N2O3S2. The first-order valence-corrected chi connectivity index (χ1v) is 11.6. The first-order chi connectivity index (χ1) is 14.7. The standard InChI is InChI=1S/C24H26N2O3S2/c1-23(2,3)29-20(27)13-24(11-15-7-4-5-8-16(15)12-24)22(28)25-14-19-26-21-17(30)9-6-10-18(21)31-19/h4-10,30H,11-14H2,1-3H3,(H,25,28). The van der Waals surface area contributed by atoms with E-state index in [1.165, 1.54) is 11.3 Å². The number of thiazole rings is 1. The summed E-state index contributed by atoms with van der Waals surface area (Å²) in [5.74, 6) is -0.491. The van der Waals surface area contributed by atoms with E-state index in [4.69, 9.17) is 4.74 Å². The predicted octanol–water partition coefficient (Wildman–Crippen LogP) is 4.72. The Morgan fingerprint density at radius 3 is 2.42 bits per heavy atom. The van der Waals surface area contributed by atoms with E-state index < -0.39 is 11.0 Å². The summed E-state index contributed by atoms with van der Waals surface area (Å²) in [6.07, 6.45) is 1.09. The molecule has 0 saturated heterocycles. The van der Waals surface area contributed by atoms with E-state index in [1.807, 2.05) is 63.2 Å². The molecule has 1 N–H and O–H groups in total. The number of carbonyl (C=O) groups is 2. The molecule has 0 atom stereocenters. The van der Waals surface area contributed by atoms with Crippen LogP contribution in [0.4, 0.5) is 0 Å². The quantitative estimate of drug-likeness (QED) is 0.432. The first kappa shape index (κ1) is 21.8. The van der Waals surface area contributed by atoms with E-state index in [1.54, 1.807) is 0 Å². The minimum Gasteiger partial charge on any atom is -0.460 e. The molecule has 0 spiro atoms. The smallest absolute Gasteiger partial charge is 0.307 e. The zero-order chi connectivity index (χ0) is 22.2. The fraction of sp³-hybridized carbons (Fsp3) is 0.375. The molecule has 1 aliphatic rings. The number of nitrogens with one attached hydrogen (secondary N) is 1. The SMILES string of the molecule is CC(C)(C)OC(=O)CC1(C(=O)NCc2nc3c(S)cccc3s2)Cc2ccccc2C1. The average Bonchev–Trinajstić information content (AvgIpc) is 3.26. The average molecular weight is 455 g/mol. The maximum Gasteiger partial charge on any atom is 0.307 e. The number of aromatic nitrogens is 1. The van der Waals surface area contributed by atoms with Crippen molar-refractivity contribution in [2.45, 2.75) is 57.1 Å². The largest absolute Gasteiger partial charge is 0.460 e. The van der Waals surface area contributed by atoms with Gasteiger partial charge < -0.3 is 10.1 Å². The molecule has 0 unspecified atom stereocenters. The number of nitrogens with zero attached hydrogens (tertiary/aromatic N) is 1. The molecule has 2 aromatic carbocycles. The van der Waals surface area contributed by atoms with Crippen LogP contribution in [0.1, 0.15) is 43.3 Å². The van der Waals surface area contributed by atoms with Gasteiger partial charge >= 0.3 is 5.97 Å². The Hall–Kier alpha value is -2.38. The fourth-order valence-electron chi connectivity index (χ4n) is 4.11. The van der Waals surface area contributed by atoms with Gasteiger partial charge in [0.2, 0.25) is 5.91 Å². The van der Waals surface area contributed by atoms with E-state index >= 15 is 0 Å². The zero-order valence-corrected chi connectivity index (χ0v) is 19.6. The lowest BCUT2D eigenvalue weighted by Gasteiger charge is -2.28. The summed E-state index contributed by atoms with van der Waals surface area (Å²) in [5.41, 5.74) is 1.63. The lowest BCUT2D eigenvalue weighted by atomic mass is 9.80. The molecule has 0 bridgehead atoms. The number of rotatable bonds is 5. The van der Waals surface area contributed by atoms with Crippen LogP contribution < -0.4 is 5.32 Å². The number of hydrogen-bond donors (Lipinski definition) is 2. The van der Waals surface area contributed by atoms with Crippen LogP contribution in [0.25, 0.3) is 10.2 Å². The highest BCUT2D eigenvalue weighted by Gasteiger charge is 2.46. The van der Waals surface area contributed by atoms with Crippen molar-refractivity contribution in [3.63, 3.8) is 0 Å². The lowest BCUT2D eigenvalue weighted by Crippen LogP contribution is -2.44. The van der Waals surface area contributed by atoms with E-state index in [0.29, 0.717) is 19.4 Å². The van der Waals surface area contributed by atoms with Crippen molar-refractivity contribution in [2.24, 2.45) is 5.41 Å². The van der Waals surface area contributed by atoms with Gasteiger partial charge in [-0.2, -0.15) is 0 Å². The number of para-hydroxylation sites is 1. The monoisotopic (exact) mass is 454 g/mol. The number of amides is 1. The van der Waals surface area contributed by atoms with Crippen LogP contribution in [0.5, 0.6) is 0 Å². The normalized spacial score (nSPS) is 15.0. The van der Waals surface area contributed by atoms with Crippen LogP contribution in [0.2, 0.25) is 0 Å². The molecule has 1 aliphatic carbocycles. The minimum absolute atomic E-state index is 0.0470. The Labute approximate surface area is 191 Å². The third-order valence-corrected chi connectivity index (χ3v) is 6.78. The molecule has 5 nitrogen and oxygen atoms in total. The number of thiol groups is 1. The molecule has 1 heterocycles. The molecule has 0 fully saturated rings. The number of ether oxygens (including phenoxy) is 1. The summed E-state index contributed by atoms with van der Waals surface area (Å²) in [6, 6.07) is 13.8. The van der Waals surface area contributed by atoms with Gasteiger partial charge in [0.05, 0.1) is 28.6 Å². The Morgan fingerprint density at radius 2 is 1.81 bits per heavy atom. The Morgan fingerprint density at radius 1 is 1.13 bits per heavy atom. The van der Waals surface area contributed by atoms with Crippen molar-refractivity contribution >= 4 is 46.1 Å². The van der Waals surface area contributed by atoms with Crippen LogP contribution in [0.15, 0.2) is 47.4 Å². The van der Waals surface area contributed by atoms with Gasteiger partial charge in [-0.25, -0.2) is 4.98 Å². The summed E-state index contributed by atoms with van der Waals surface area (Å²) in [5, 5.41) is 3.85. The predicted molar refractivity (Wildman–Crippen MR) is 125 cm³/mol. The first-order valence-electron chi connectivity index (χ1n) is 10.3.